The summed E-state index contributed by atoms with van der Waals surface area (Å²) in [6.07, 6.45) is 5.65. The topological polar surface area (TPSA) is 69.6 Å². The lowest BCUT2D eigenvalue weighted by Crippen LogP contribution is -2.46. The van der Waals surface area contributed by atoms with Gasteiger partial charge in [0.15, 0.2) is 0 Å². The van der Waals surface area contributed by atoms with E-state index >= 15 is 0 Å². The van der Waals surface area contributed by atoms with E-state index in [0.717, 1.165) is 25.7 Å². The molecular weight excluding hydrogens is 300 g/mol. The molecule has 0 spiro atoms. The maximum absolute atomic E-state index is 12.2. The Labute approximate surface area is 134 Å². The number of piperidine rings is 1. The van der Waals surface area contributed by atoms with Crippen LogP contribution in [0.25, 0.3) is 0 Å². The van der Waals surface area contributed by atoms with Crippen LogP contribution in [0.5, 0.6) is 0 Å². The van der Waals surface area contributed by atoms with Crippen LogP contribution in [0.2, 0.25) is 0 Å². The highest BCUT2D eigenvalue weighted by molar-refractivity contribution is 7.14. The zero-order valence-electron chi connectivity index (χ0n) is 12.6. The van der Waals surface area contributed by atoms with E-state index in [2.05, 4.69) is 5.32 Å². The van der Waals surface area contributed by atoms with Gasteiger partial charge in [-0.05, 0) is 50.2 Å². The van der Waals surface area contributed by atoms with Crippen LogP contribution in [0, 0.1) is 0 Å². The van der Waals surface area contributed by atoms with Crippen molar-refractivity contribution in [3.63, 3.8) is 0 Å². The number of nitrogens with zero attached hydrogens (tertiary/aromatic N) is 1. The molecule has 120 valence electrons. The number of aliphatic hydroxyl groups excluding tert-OH is 1. The molecule has 5 nitrogen and oxygen atoms in total. The predicted octanol–water partition coefficient (Wildman–Crippen LogP) is 1.34. The molecule has 1 atom stereocenters. The van der Waals surface area contributed by atoms with Crippen LogP contribution < -0.4 is 5.32 Å². The highest BCUT2D eigenvalue weighted by atomic mass is 32.1. The van der Waals surface area contributed by atoms with Crippen molar-refractivity contribution in [3.05, 3.63) is 21.4 Å². The van der Waals surface area contributed by atoms with E-state index in [1.54, 1.807) is 16.2 Å². The summed E-state index contributed by atoms with van der Waals surface area (Å²) in [4.78, 5) is 27.9. The van der Waals surface area contributed by atoms with E-state index < -0.39 is 6.10 Å². The van der Waals surface area contributed by atoms with Crippen LogP contribution >= 0.6 is 11.3 Å². The zero-order chi connectivity index (χ0) is 15.5. The first-order chi connectivity index (χ1) is 10.6. The number of rotatable bonds is 3. The van der Waals surface area contributed by atoms with Gasteiger partial charge in [0.25, 0.3) is 5.91 Å². The Balaban J connectivity index is 1.53. The molecule has 1 aromatic rings. The second kappa shape index (κ2) is 6.79. The third-order valence-electron chi connectivity index (χ3n) is 4.37. The Kier molecular flexibility index (Phi) is 4.78. The van der Waals surface area contributed by atoms with E-state index in [4.69, 9.17) is 0 Å². The van der Waals surface area contributed by atoms with E-state index in [-0.39, 0.29) is 18.4 Å². The number of nitrogens with one attached hydrogen (secondary N) is 1. The van der Waals surface area contributed by atoms with Gasteiger partial charge in [0.1, 0.15) is 0 Å². The summed E-state index contributed by atoms with van der Waals surface area (Å²) in [5, 5.41) is 12.3. The Bertz CT molecular complexity index is 546. The monoisotopic (exact) mass is 322 g/mol. The molecule has 0 bridgehead atoms. The number of thiophene rings is 1. The molecular formula is C16H22N2O3S. The van der Waals surface area contributed by atoms with Gasteiger partial charge >= 0.3 is 0 Å². The lowest BCUT2D eigenvalue weighted by atomic mass is 9.99. The number of carbonyl (C=O) groups is 2. The molecule has 1 fully saturated rings. The van der Waals surface area contributed by atoms with Crippen LogP contribution in [0.1, 0.15) is 45.8 Å². The number of fused-ring (bicyclic) bond motifs is 1. The molecule has 1 unspecified atom stereocenters. The van der Waals surface area contributed by atoms with Crippen LogP contribution in [0.15, 0.2) is 6.07 Å². The van der Waals surface area contributed by atoms with Crippen LogP contribution in [0.3, 0.4) is 0 Å². The van der Waals surface area contributed by atoms with Crippen LogP contribution in [-0.2, 0) is 17.6 Å². The fourth-order valence-electron chi connectivity index (χ4n) is 3.14. The second-order valence-corrected chi connectivity index (χ2v) is 7.22. The molecule has 1 aliphatic heterocycles. The van der Waals surface area contributed by atoms with Crippen molar-refractivity contribution in [1.29, 1.82) is 0 Å². The molecule has 1 aromatic heterocycles. The summed E-state index contributed by atoms with van der Waals surface area (Å²) in [5.74, 6) is -0.279. The normalized spacial score (nSPS) is 21.3. The van der Waals surface area contributed by atoms with Gasteiger partial charge in [-0.15, -0.1) is 11.3 Å². The molecule has 0 aromatic carbocycles. The van der Waals surface area contributed by atoms with Gasteiger partial charge in [-0.1, -0.05) is 0 Å². The number of β-amino-alcohol motifs (C(OH)–C–C–N with tert-alkyl or cyclic N) is 1. The van der Waals surface area contributed by atoms with Crippen molar-refractivity contribution in [2.24, 2.45) is 0 Å². The van der Waals surface area contributed by atoms with Crippen molar-refractivity contribution in [2.45, 2.75) is 44.6 Å². The smallest absolute Gasteiger partial charge is 0.261 e. The predicted molar refractivity (Wildman–Crippen MR) is 85.1 cm³/mol. The van der Waals surface area contributed by atoms with Gasteiger partial charge in [0.2, 0.25) is 5.91 Å². The first kappa shape index (κ1) is 15.5. The number of hydrogen-bond donors (Lipinski definition) is 2. The maximum Gasteiger partial charge on any atom is 0.261 e. The first-order valence-electron chi connectivity index (χ1n) is 7.99. The Morgan fingerprint density at radius 3 is 2.91 bits per heavy atom. The molecule has 0 saturated carbocycles. The van der Waals surface area contributed by atoms with Crippen molar-refractivity contribution in [3.8, 4) is 0 Å². The lowest BCUT2D eigenvalue weighted by Gasteiger charge is -2.30. The molecule has 22 heavy (non-hydrogen) atoms. The summed E-state index contributed by atoms with van der Waals surface area (Å²) >= 11 is 1.55. The van der Waals surface area contributed by atoms with E-state index in [1.165, 1.54) is 23.3 Å². The number of hydrogen-bond acceptors (Lipinski definition) is 4. The SMILES string of the molecule is O=C(NCC(=O)N1CCCC(O)C1)c1cc2c(s1)CCCC2. The molecule has 2 aliphatic rings. The fourth-order valence-corrected chi connectivity index (χ4v) is 4.31. The minimum atomic E-state index is -0.433. The third kappa shape index (κ3) is 3.50. The van der Waals surface area contributed by atoms with Crippen molar-refractivity contribution in [1.82, 2.24) is 10.2 Å². The largest absolute Gasteiger partial charge is 0.391 e. The molecule has 2 amide bonds. The lowest BCUT2D eigenvalue weighted by molar-refractivity contribution is -0.133. The summed E-state index contributed by atoms with van der Waals surface area (Å²) < 4.78 is 0. The van der Waals surface area contributed by atoms with Gasteiger partial charge in [0, 0.05) is 18.0 Å². The summed E-state index contributed by atoms with van der Waals surface area (Å²) in [6, 6.07) is 1.98. The first-order valence-corrected chi connectivity index (χ1v) is 8.81. The van der Waals surface area contributed by atoms with Gasteiger partial charge < -0.3 is 15.3 Å². The van der Waals surface area contributed by atoms with Gasteiger partial charge in [-0.3, -0.25) is 9.59 Å². The number of carbonyl (C=O) groups excluding carboxylic acids is 2. The number of aliphatic hydroxyl groups is 1. The molecule has 1 saturated heterocycles. The average Bonchev–Trinajstić information content (AvgIpc) is 2.96. The maximum atomic E-state index is 12.2. The molecule has 0 radical (unpaired) electrons. The number of amides is 2. The van der Waals surface area contributed by atoms with Gasteiger partial charge in [0.05, 0.1) is 17.5 Å². The van der Waals surface area contributed by atoms with Crippen LogP contribution in [-0.4, -0.2) is 47.6 Å². The van der Waals surface area contributed by atoms with Crippen molar-refractivity contribution >= 4 is 23.2 Å². The Morgan fingerprint density at radius 1 is 1.32 bits per heavy atom. The minimum Gasteiger partial charge on any atom is -0.391 e. The Morgan fingerprint density at radius 2 is 2.14 bits per heavy atom. The third-order valence-corrected chi connectivity index (χ3v) is 5.61. The molecule has 2 N–H and O–H groups in total. The Hall–Kier alpha value is -1.40. The van der Waals surface area contributed by atoms with E-state index in [9.17, 15) is 14.7 Å². The van der Waals surface area contributed by atoms with Crippen molar-refractivity contribution < 1.29 is 14.7 Å². The van der Waals surface area contributed by atoms with Gasteiger partial charge in [-0.2, -0.15) is 0 Å². The standard InChI is InChI=1S/C16H22N2O3S/c19-12-5-3-7-18(10-12)15(20)9-17-16(21)14-8-11-4-1-2-6-13(11)22-14/h8,12,19H,1-7,9-10H2,(H,17,21). The second-order valence-electron chi connectivity index (χ2n) is 6.08. The highest BCUT2D eigenvalue weighted by Crippen LogP contribution is 2.29. The quantitative estimate of drug-likeness (QED) is 0.882. The minimum absolute atomic E-state index is 0.00806. The van der Waals surface area contributed by atoms with E-state index in [0.29, 0.717) is 18.0 Å². The average molecular weight is 322 g/mol. The zero-order valence-corrected chi connectivity index (χ0v) is 13.5. The van der Waals surface area contributed by atoms with Gasteiger partial charge in [-0.25, -0.2) is 0 Å². The molecule has 2 heterocycles. The summed E-state index contributed by atoms with van der Waals surface area (Å²) in [5.41, 5.74) is 1.30. The molecule has 3 rings (SSSR count). The number of aryl methyl sites for hydroxylation is 2. The highest BCUT2D eigenvalue weighted by Gasteiger charge is 2.23. The summed E-state index contributed by atoms with van der Waals surface area (Å²) in [7, 11) is 0. The molecule has 6 heteroatoms. The summed E-state index contributed by atoms with van der Waals surface area (Å²) in [6.45, 7) is 1.05. The fraction of sp³-hybridized carbons (Fsp3) is 0.625. The van der Waals surface area contributed by atoms with Crippen LogP contribution in [0.4, 0.5) is 0 Å². The number of likely N-dealkylation sites (tertiary alicyclic amines) is 1. The van der Waals surface area contributed by atoms with Crippen molar-refractivity contribution in [2.75, 3.05) is 19.6 Å². The van der Waals surface area contributed by atoms with E-state index in [1.807, 2.05) is 6.07 Å². The molecule has 1 aliphatic carbocycles.